The van der Waals surface area contributed by atoms with Gasteiger partial charge in [-0.3, -0.25) is 9.69 Å². The lowest BCUT2D eigenvalue weighted by Crippen LogP contribution is -2.35. The SMILES string of the molecule is CN(Cc1csc(CN2CCOCC2)n1)C(=O)c1ccc(-n2cccc2)cc1. The molecule has 0 bridgehead atoms. The second kappa shape index (κ2) is 8.68. The maximum Gasteiger partial charge on any atom is 0.253 e. The minimum Gasteiger partial charge on any atom is -0.379 e. The second-order valence-corrected chi connectivity index (χ2v) is 7.86. The van der Waals surface area contributed by atoms with Gasteiger partial charge in [-0.15, -0.1) is 11.3 Å². The van der Waals surface area contributed by atoms with Crippen molar-refractivity contribution >= 4 is 17.2 Å². The Balaban J connectivity index is 1.35. The van der Waals surface area contributed by atoms with Crippen molar-refractivity contribution < 1.29 is 9.53 Å². The maximum absolute atomic E-state index is 12.7. The Labute approximate surface area is 169 Å². The number of carbonyl (C=O) groups excluding carboxylic acids is 1. The molecule has 2 aromatic heterocycles. The Hall–Kier alpha value is -2.48. The molecule has 1 aliphatic rings. The molecule has 0 N–H and O–H groups in total. The van der Waals surface area contributed by atoms with E-state index >= 15 is 0 Å². The fraction of sp³-hybridized carbons (Fsp3) is 0.333. The van der Waals surface area contributed by atoms with Crippen molar-refractivity contribution in [3.63, 3.8) is 0 Å². The average molecular weight is 397 g/mol. The quantitative estimate of drug-likeness (QED) is 0.643. The molecule has 4 rings (SSSR count). The van der Waals surface area contributed by atoms with E-state index in [9.17, 15) is 4.79 Å². The van der Waals surface area contributed by atoms with E-state index in [4.69, 9.17) is 9.72 Å². The van der Waals surface area contributed by atoms with Crippen molar-refractivity contribution in [2.75, 3.05) is 33.4 Å². The molecular weight excluding hydrogens is 372 g/mol. The molecule has 0 atom stereocenters. The molecule has 6 nitrogen and oxygen atoms in total. The molecule has 1 aromatic carbocycles. The van der Waals surface area contributed by atoms with E-state index in [0.717, 1.165) is 49.2 Å². The van der Waals surface area contributed by atoms with Gasteiger partial charge in [0.15, 0.2) is 0 Å². The molecule has 0 saturated carbocycles. The van der Waals surface area contributed by atoms with Crippen LogP contribution in [-0.4, -0.2) is 58.6 Å². The van der Waals surface area contributed by atoms with Crippen LogP contribution in [0.15, 0.2) is 54.2 Å². The van der Waals surface area contributed by atoms with E-state index in [0.29, 0.717) is 12.1 Å². The standard InChI is InChI=1S/C21H24N4O2S/c1-23(14-18-16-28-20(22-18)15-24-10-12-27-13-11-24)21(26)17-4-6-19(7-5-17)25-8-2-3-9-25/h2-9,16H,10-15H2,1H3. The highest BCUT2D eigenvalue weighted by Gasteiger charge is 2.16. The summed E-state index contributed by atoms with van der Waals surface area (Å²) < 4.78 is 7.40. The van der Waals surface area contributed by atoms with Gasteiger partial charge in [-0.2, -0.15) is 0 Å². The molecule has 28 heavy (non-hydrogen) atoms. The molecule has 0 spiro atoms. The lowest BCUT2D eigenvalue weighted by atomic mass is 10.2. The molecule has 1 fully saturated rings. The number of thiazole rings is 1. The zero-order chi connectivity index (χ0) is 19.3. The molecule has 0 unspecified atom stereocenters. The Morgan fingerprint density at radius 2 is 1.89 bits per heavy atom. The first-order valence-electron chi connectivity index (χ1n) is 9.41. The highest BCUT2D eigenvalue weighted by atomic mass is 32.1. The second-order valence-electron chi connectivity index (χ2n) is 6.92. The fourth-order valence-corrected chi connectivity index (χ4v) is 4.09. The van der Waals surface area contributed by atoms with Crippen molar-refractivity contribution in [1.82, 2.24) is 19.4 Å². The molecule has 1 saturated heterocycles. The Morgan fingerprint density at radius 1 is 1.18 bits per heavy atom. The average Bonchev–Trinajstić information content (AvgIpc) is 3.41. The van der Waals surface area contributed by atoms with Crippen LogP contribution >= 0.6 is 11.3 Å². The van der Waals surface area contributed by atoms with E-state index in [1.54, 1.807) is 16.2 Å². The topological polar surface area (TPSA) is 50.6 Å². The van der Waals surface area contributed by atoms with Crippen LogP contribution in [0, 0.1) is 0 Å². The van der Waals surface area contributed by atoms with E-state index in [1.807, 2.05) is 60.4 Å². The Bertz CT molecular complexity index is 899. The van der Waals surface area contributed by atoms with E-state index in [1.165, 1.54) is 0 Å². The first-order chi connectivity index (χ1) is 13.7. The largest absolute Gasteiger partial charge is 0.379 e. The number of benzene rings is 1. The fourth-order valence-electron chi connectivity index (χ4n) is 3.26. The number of ether oxygens (including phenoxy) is 1. The minimum absolute atomic E-state index is 0.00165. The van der Waals surface area contributed by atoms with Crippen molar-refractivity contribution in [2.24, 2.45) is 0 Å². The highest BCUT2D eigenvalue weighted by Crippen LogP contribution is 2.16. The third kappa shape index (κ3) is 4.49. The first-order valence-corrected chi connectivity index (χ1v) is 10.3. The van der Waals surface area contributed by atoms with Crippen molar-refractivity contribution in [3.8, 4) is 5.69 Å². The van der Waals surface area contributed by atoms with Crippen molar-refractivity contribution in [1.29, 1.82) is 0 Å². The summed E-state index contributed by atoms with van der Waals surface area (Å²) in [7, 11) is 1.82. The summed E-state index contributed by atoms with van der Waals surface area (Å²) in [5.74, 6) is 0.00165. The lowest BCUT2D eigenvalue weighted by molar-refractivity contribution is 0.0341. The number of amides is 1. The summed E-state index contributed by atoms with van der Waals surface area (Å²) in [5, 5.41) is 3.14. The molecule has 3 heterocycles. The molecule has 7 heteroatoms. The van der Waals surface area contributed by atoms with Gasteiger partial charge in [0.25, 0.3) is 5.91 Å². The molecule has 3 aromatic rings. The molecule has 0 aliphatic carbocycles. The summed E-state index contributed by atoms with van der Waals surface area (Å²) in [6.07, 6.45) is 3.97. The van der Waals surface area contributed by atoms with Crippen molar-refractivity contribution in [3.05, 3.63) is 70.4 Å². The van der Waals surface area contributed by atoms with Crippen LogP contribution in [0.2, 0.25) is 0 Å². The summed E-state index contributed by atoms with van der Waals surface area (Å²) >= 11 is 1.66. The zero-order valence-corrected chi connectivity index (χ0v) is 16.8. The van der Waals surface area contributed by atoms with Gasteiger partial charge in [0.05, 0.1) is 32.0 Å². The predicted octanol–water partition coefficient (Wildman–Crippen LogP) is 3.04. The summed E-state index contributed by atoms with van der Waals surface area (Å²) in [6.45, 7) is 4.85. The van der Waals surface area contributed by atoms with Gasteiger partial charge in [0, 0.05) is 49.2 Å². The number of hydrogen-bond donors (Lipinski definition) is 0. The van der Waals surface area contributed by atoms with Crippen LogP contribution in [-0.2, 0) is 17.8 Å². The minimum atomic E-state index is 0.00165. The smallest absolute Gasteiger partial charge is 0.253 e. The molecule has 146 valence electrons. The van der Waals surface area contributed by atoms with Crippen LogP contribution in [0.3, 0.4) is 0 Å². The van der Waals surface area contributed by atoms with E-state index in [2.05, 4.69) is 10.3 Å². The van der Waals surface area contributed by atoms with Gasteiger partial charge in [-0.1, -0.05) is 0 Å². The predicted molar refractivity (Wildman–Crippen MR) is 110 cm³/mol. The molecule has 1 aliphatic heterocycles. The monoisotopic (exact) mass is 396 g/mol. The summed E-state index contributed by atoms with van der Waals surface area (Å²) in [5.41, 5.74) is 2.66. The van der Waals surface area contributed by atoms with Crippen LogP contribution in [0.5, 0.6) is 0 Å². The first kappa shape index (κ1) is 18.9. The maximum atomic E-state index is 12.7. The normalized spacial score (nSPS) is 14.9. The van der Waals surface area contributed by atoms with Gasteiger partial charge >= 0.3 is 0 Å². The van der Waals surface area contributed by atoms with Gasteiger partial charge < -0.3 is 14.2 Å². The molecule has 0 radical (unpaired) electrons. The van der Waals surface area contributed by atoms with Crippen molar-refractivity contribution in [2.45, 2.75) is 13.1 Å². The number of aromatic nitrogens is 2. The van der Waals surface area contributed by atoms with Gasteiger partial charge in [0.2, 0.25) is 0 Å². The Morgan fingerprint density at radius 3 is 2.61 bits per heavy atom. The molecule has 1 amide bonds. The van der Waals surface area contributed by atoms with E-state index in [-0.39, 0.29) is 5.91 Å². The number of carbonyl (C=O) groups is 1. The summed E-state index contributed by atoms with van der Waals surface area (Å²) in [6, 6.07) is 11.6. The third-order valence-electron chi connectivity index (χ3n) is 4.82. The van der Waals surface area contributed by atoms with Crippen LogP contribution in [0.25, 0.3) is 5.69 Å². The number of nitrogens with zero attached hydrogens (tertiary/aromatic N) is 4. The highest BCUT2D eigenvalue weighted by molar-refractivity contribution is 7.09. The zero-order valence-electron chi connectivity index (χ0n) is 16.0. The number of rotatable bonds is 6. The van der Waals surface area contributed by atoms with Gasteiger partial charge in [-0.25, -0.2) is 4.98 Å². The lowest BCUT2D eigenvalue weighted by Gasteiger charge is -2.25. The Kier molecular flexibility index (Phi) is 5.85. The van der Waals surface area contributed by atoms with Gasteiger partial charge in [0.1, 0.15) is 5.01 Å². The van der Waals surface area contributed by atoms with Crippen LogP contribution in [0.4, 0.5) is 0 Å². The third-order valence-corrected chi connectivity index (χ3v) is 5.71. The van der Waals surface area contributed by atoms with Crippen LogP contribution in [0.1, 0.15) is 21.1 Å². The van der Waals surface area contributed by atoms with E-state index < -0.39 is 0 Å². The van der Waals surface area contributed by atoms with Crippen LogP contribution < -0.4 is 0 Å². The number of morpholine rings is 1. The number of hydrogen-bond acceptors (Lipinski definition) is 5. The summed E-state index contributed by atoms with van der Waals surface area (Å²) in [4.78, 5) is 21.5. The molecular formula is C21H24N4O2S. The van der Waals surface area contributed by atoms with Gasteiger partial charge in [-0.05, 0) is 36.4 Å².